The summed E-state index contributed by atoms with van der Waals surface area (Å²) >= 11 is 1.66. The van der Waals surface area contributed by atoms with E-state index in [-0.39, 0.29) is 10.5 Å². The lowest BCUT2D eigenvalue weighted by atomic mass is 10.1. The molecular formula is C20H19N3O3S2. The van der Waals surface area contributed by atoms with Gasteiger partial charge in [-0.15, -0.1) is 11.3 Å². The minimum atomic E-state index is -3.68. The Hall–Kier alpha value is -2.55. The quantitative estimate of drug-likeness (QED) is 0.710. The van der Waals surface area contributed by atoms with Crippen molar-refractivity contribution in [2.45, 2.75) is 24.8 Å². The first-order valence-electron chi connectivity index (χ1n) is 8.84. The molecule has 1 N–H and O–H groups in total. The van der Waals surface area contributed by atoms with Crippen LogP contribution >= 0.6 is 11.3 Å². The maximum absolute atomic E-state index is 13.1. The molecule has 0 aliphatic carbocycles. The van der Waals surface area contributed by atoms with E-state index in [0.29, 0.717) is 25.3 Å². The van der Waals surface area contributed by atoms with Crippen LogP contribution in [0.5, 0.6) is 0 Å². The van der Waals surface area contributed by atoms with E-state index in [1.54, 1.807) is 35.6 Å². The van der Waals surface area contributed by atoms with Gasteiger partial charge in [-0.2, -0.15) is 4.31 Å². The summed E-state index contributed by atoms with van der Waals surface area (Å²) in [5.41, 5.74) is 2.11. The molecule has 0 fully saturated rings. The zero-order valence-corrected chi connectivity index (χ0v) is 16.9. The second-order valence-corrected chi connectivity index (χ2v) is 9.54. The van der Waals surface area contributed by atoms with Crippen LogP contribution < -0.4 is 5.32 Å². The highest BCUT2D eigenvalue weighted by Crippen LogP contribution is 2.28. The van der Waals surface area contributed by atoms with Gasteiger partial charge < -0.3 is 5.32 Å². The highest BCUT2D eigenvalue weighted by atomic mass is 32.2. The summed E-state index contributed by atoms with van der Waals surface area (Å²) in [4.78, 5) is 18.2. The highest BCUT2D eigenvalue weighted by molar-refractivity contribution is 7.89. The first-order chi connectivity index (χ1) is 13.4. The summed E-state index contributed by atoms with van der Waals surface area (Å²) < 4.78 is 27.6. The summed E-state index contributed by atoms with van der Waals surface area (Å²) in [6.45, 7) is 2.64. The molecule has 8 heteroatoms. The Labute approximate surface area is 167 Å². The lowest BCUT2D eigenvalue weighted by molar-refractivity contribution is 0.102. The van der Waals surface area contributed by atoms with Crippen molar-refractivity contribution in [1.29, 1.82) is 0 Å². The molecule has 6 nitrogen and oxygen atoms in total. The normalized spacial score (nSPS) is 14.5. The standard InChI is InChI=1S/C20H19N3O3S2/c1-14-4-2-7-19(21-14)22-20(24)15-5-3-6-17(12-15)28(25,26)23-10-8-18-16(13-23)9-11-27-18/h2-7,9,11-12H,8,10,13H2,1H3,(H,21,22,24). The highest BCUT2D eigenvalue weighted by Gasteiger charge is 2.29. The van der Waals surface area contributed by atoms with Crippen molar-refractivity contribution < 1.29 is 13.2 Å². The minimum absolute atomic E-state index is 0.121. The Bertz CT molecular complexity index is 1140. The molecule has 0 bridgehead atoms. The van der Waals surface area contributed by atoms with Crippen molar-refractivity contribution in [3.63, 3.8) is 0 Å². The molecule has 3 aromatic rings. The Balaban J connectivity index is 1.57. The molecule has 0 radical (unpaired) electrons. The molecule has 3 heterocycles. The van der Waals surface area contributed by atoms with Gasteiger partial charge in [-0.05, 0) is 60.7 Å². The lowest BCUT2D eigenvalue weighted by Gasteiger charge is -2.26. The molecule has 1 aliphatic heterocycles. The number of aryl methyl sites for hydroxylation is 1. The van der Waals surface area contributed by atoms with E-state index < -0.39 is 15.9 Å². The number of anilines is 1. The summed E-state index contributed by atoms with van der Waals surface area (Å²) in [6.07, 6.45) is 0.714. The van der Waals surface area contributed by atoms with E-state index in [9.17, 15) is 13.2 Å². The summed E-state index contributed by atoms with van der Waals surface area (Å²) in [6, 6.07) is 13.4. The number of rotatable bonds is 4. The molecule has 4 rings (SSSR count). The third-order valence-electron chi connectivity index (χ3n) is 4.64. The Kier molecular flexibility index (Phi) is 5.01. The van der Waals surface area contributed by atoms with Gasteiger partial charge in [0.2, 0.25) is 10.0 Å². The second kappa shape index (κ2) is 7.46. The van der Waals surface area contributed by atoms with Crippen molar-refractivity contribution >= 4 is 33.1 Å². The molecule has 0 saturated carbocycles. The first-order valence-corrected chi connectivity index (χ1v) is 11.2. The van der Waals surface area contributed by atoms with Gasteiger partial charge in [0.25, 0.3) is 5.91 Å². The smallest absolute Gasteiger partial charge is 0.256 e. The van der Waals surface area contributed by atoms with E-state index in [0.717, 1.165) is 11.3 Å². The molecule has 2 aromatic heterocycles. The maximum Gasteiger partial charge on any atom is 0.256 e. The van der Waals surface area contributed by atoms with E-state index in [1.807, 2.05) is 24.4 Å². The molecule has 0 spiro atoms. The summed E-state index contributed by atoms with van der Waals surface area (Å²) in [7, 11) is -3.68. The number of aromatic nitrogens is 1. The Morgan fingerprint density at radius 3 is 2.82 bits per heavy atom. The number of carbonyl (C=O) groups is 1. The summed E-state index contributed by atoms with van der Waals surface area (Å²) in [5, 5.41) is 4.70. The third-order valence-corrected chi connectivity index (χ3v) is 7.50. The van der Waals surface area contributed by atoms with Gasteiger partial charge in [0.05, 0.1) is 4.90 Å². The van der Waals surface area contributed by atoms with Crippen LogP contribution in [0, 0.1) is 6.92 Å². The first kappa shape index (κ1) is 18.8. The molecule has 1 amide bonds. The molecule has 0 atom stereocenters. The average Bonchev–Trinajstić information content (AvgIpc) is 3.16. The van der Waals surface area contributed by atoms with Gasteiger partial charge >= 0.3 is 0 Å². The number of hydrogen-bond acceptors (Lipinski definition) is 5. The number of fused-ring (bicyclic) bond motifs is 1. The second-order valence-electron chi connectivity index (χ2n) is 6.60. The lowest BCUT2D eigenvalue weighted by Crippen LogP contribution is -2.35. The number of hydrogen-bond donors (Lipinski definition) is 1. The van der Waals surface area contributed by atoms with Gasteiger partial charge in [0, 0.05) is 29.2 Å². The minimum Gasteiger partial charge on any atom is -0.307 e. The number of thiophene rings is 1. The van der Waals surface area contributed by atoms with Crippen molar-refractivity contribution in [2.24, 2.45) is 0 Å². The van der Waals surface area contributed by atoms with Gasteiger partial charge in [0.1, 0.15) is 5.82 Å². The fourth-order valence-corrected chi connectivity index (χ4v) is 5.53. The maximum atomic E-state index is 13.1. The van der Waals surface area contributed by atoms with E-state index in [4.69, 9.17) is 0 Å². The SMILES string of the molecule is Cc1cccc(NC(=O)c2cccc(S(=O)(=O)N3CCc4sccc4C3)c2)n1. The topological polar surface area (TPSA) is 79.4 Å². The molecule has 28 heavy (non-hydrogen) atoms. The van der Waals surface area contributed by atoms with Gasteiger partial charge in [-0.1, -0.05) is 12.1 Å². The van der Waals surface area contributed by atoms with Crippen LogP contribution in [0.3, 0.4) is 0 Å². The monoisotopic (exact) mass is 413 g/mol. The molecule has 0 unspecified atom stereocenters. The van der Waals surface area contributed by atoms with Crippen LogP contribution in [0.4, 0.5) is 5.82 Å². The number of amides is 1. The fraction of sp³-hybridized carbons (Fsp3) is 0.200. The number of sulfonamides is 1. The van der Waals surface area contributed by atoms with Crippen molar-refractivity contribution in [3.05, 3.63) is 75.6 Å². The summed E-state index contributed by atoms with van der Waals surface area (Å²) in [5.74, 6) is 0.0354. The van der Waals surface area contributed by atoms with Gasteiger partial charge in [-0.3, -0.25) is 4.79 Å². The van der Waals surface area contributed by atoms with Crippen molar-refractivity contribution in [2.75, 3.05) is 11.9 Å². The van der Waals surface area contributed by atoms with E-state index >= 15 is 0 Å². The number of carbonyl (C=O) groups excluding carboxylic acids is 1. The molecular weight excluding hydrogens is 394 g/mol. The fourth-order valence-electron chi connectivity index (χ4n) is 3.18. The largest absolute Gasteiger partial charge is 0.307 e. The van der Waals surface area contributed by atoms with Crippen LogP contribution in [0.2, 0.25) is 0 Å². The third kappa shape index (κ3) is 3.71. The van der Waals surface area contributed by atoms with E-state index in [2.05, 4.69) is 10.3 Å². The Morgan fingerprint density at radius 2 is 2.00 bits per heavy atom. The van der Waals surface area contributed by atoms with Crippen LogP contribution in [0.15, 0.2) is 58.8 Å². The number of benzene rings is 1. The van der Waals surface area contributed by atoms with Gasteiger partial charge in [0.15, 0.2) is 0 Å². The van der Waals surface area contributed by atoms with Crippen LogP contribution in [-0.4, -0.2) is 30.2 Å². The zero-order valence-electron chi connectivity index (χ0n) is 15.3. The van der Waals surface area contributed by atoms with Gasteiger partial charge in [-0.25, -0.2) is 13.4 Å². The zero-order chi connectivity index (χ0) is 19.7. The molecule has 0 saturated heterocycles. The number of nitrogens with zero attached hydrogens (tertiary/aromatic N) is 2. The molecule has 1 aromatic carbocycles. The van der Waals surface area contributed by atoms with Crippen molar-refractivity contribution in [1.82, 2.24) is 9.29 Å². The predicted molar refractivity (Wildman–Crippen MR) is 109 cm³/mol. The predicted octanol–water partition coefficient (Wildman–Crippen LogP) is 3.45. The molecule has 1 aliphatic rings. The van der Waals surface area contributed by atoms with Crippen molar-refractivity contribution in [3.8, 4) is 0 Å². The van der Waals surface area contributed by atoms with Crippen LogP contribution in [-0.2, 0) is 23.0 Å². The molecule has 144 valence electrons. The number of nitrogens with one attached hydrogen (secondary N) is 1. The van der Waals surface area contributed by atoms with E-state index in [1.165, 1.54) is 21.3 Å². The average molecular weight is 414 g/mol. The number of pyridine rings is 1. The van der Waals surface area contributed by atoms with Crippen LogP contribution in [0.25, 0.3) is 0 Å². The Morgan fingerprint density at radius 1 is 1.18 bits per heavy atom. The van der Waals surface area contributed by atoms with Crippen LogP contribution in [0.1, 0.15) is 26.5 Å².